The number of nitro benzene ring substituents is 3. The minimum absolute atomic E-state index is 0. The fourth-order valence-electron chi connectivity index (χ4n) is 19.7. The van der Waals surface area contributed by atoms with E-state index in [9.17, 15) is 63.9 Å². The Kier molecular flexibility index (Phi) is 53.6. The maximum Gasteiger partial charge on any atom is 1.00 e. The number of hydrogen-bond acceptors (Lipinski definition) is 30. The molecule has 0 aromatic heterocycles. The van der Waals surface area contributed by atoms with Crippen LogP contribution in [0.4, 0.5) is 68.2 Å². The van der Waals surface area contributed by atoms with Crippen LogP contribution in [0.25, 0.3) is 0 Å². The zero-order valence-corrected chi connectivity index (χ0v) is 90.0. The van der Waals surface area contributed by atoms with Gasteiger partial charge < -0.3 is 84.1 Å². The number of nitro groups is 3. The Morgan fingerprint density at radius 1 is 0.434 bits per heavy atom. The molecule has 1 atom stereocenters. The number of rotatable bonds is 13. The topological polar surface area (TPSA) is 412 Å². The molecule has 1 aliphatic carbocycles. The third-order valence-electron chi connectivity index (χ3n) is 27.7. The van der Waals surface area contributed by atoms with Crippen molar-refractivity contribution in [2.75, 3.05) is 225 Å². The van der Waals surface area contributed by atoms with Crippen molar-refractivity contribution in [3.05, 3.63) is 173 Å². The van der Waals surface area contributed by atoms with E-state index >= 15 is 0 Å². The van der Waals surface area contributed by atoms with Crippen molar-refractivity contribution in [3.63, 3.8) is 0 Å². The third-order valence-corrected chi connectivity index (χ3v) is 28.2. The Morgan fingerprint density at radius 2 is 0.779 bits per heavy atom. The van der Waals surface area contributed by atoms with Crippen LogP contribution in [0.1, 0.15) is 203 Å². The molecule has 2 amide bonds. The molecule has 13 heterocycles. The molecular formula is C105H154B2Cl2N18NaO17. The molecule has 787 valence electrons. The zero-order valence-electron chi connectivity index (χ0n) is 86.4. The number of ether oxygens (including phenoxy) is 1. The van der Waals surface area contributed by atoms with Gasteiger partial charge in [0, 0.05) is 207 Å². The summed E-state index contributed by atoms with van der Waals surface area (Å²) in [6, 6.07) is 34.9. The molecule has 7 N–H and O–H groups in total. The Balaban J connectivity index is 0.000000222. The van der Waals surface area contributed by atoms with E-state index in [4.69, 9.17) is 53.0 Å². The number of fused-ring (bicyclic) bond motifs is 6. The van der Waals surface area contributed by atoms with Crippen molar-refractivity contribution in [3.8, 4) is 0 Å². The van der Waals surface area contributed by atoms with Crippen molar-refractivity contribution in [1.29, 1.82) is 0 Å². The van der Waals surface area contributed by atoms with Crippen LogP contribution < -0.4 is 76.6 Å². The number of non-ortho nitro benzene ring substituents is 3. The van der Waals surface area contributed by atoms with Crippen molar-refractivity contribution in [1.82, 2.24) is 29.4 Å². The molecule has 6 aromatic carbocycles. The summed E-state index contributed by atoms with van der Waals surface area (Å²) in [6.45, 7) is 26.6. The van der Waals surface area contributed by atoms with E-state index in [1.807, 2.05) is 54.4 Å². The summed E-state index contributed by atoms with van der Waals surface area (Å²) in [5, 5.41) is 34.8. The number of hydrogen-bond donors (Lipinski definition) is 4. The monoisotopic (exact) mass is 2050 g/mol. The SMILES string of the molecule is C1CCCCC1.CC(=O)OOC(C)=O.CN1CCC(=O)CC1.CN1CCC(N2CCc3ccc(N)cc32)CC1.CN1CCC(N2CCc3ccc([N+](=O)[O-])cc32)CC1.Nc1ccc2c(c1)N(C(=O)CN1CCCCC1)CC2.Nc1ccc2c(c1)N(CCN1CCCCC1)CC2.O=C(CN1CCCCC1)N1CCc2ccc([N+](=O)[O-])cc21.O=C(Cl)CCl.O=[N+]([O-])c1ccc2c(c1)NCC2.[B-]OC(C)=O.[B]C1CCCO1.[HH].[Na+]. The van der Waals surface area contributed by atoms with Crippen molar-refractivity contribution >= 4 is 148 Å². The van der Waals surface area contributed by atoms with Gasteiger partial charge in [0.25, 0.3) is 17.1 Å². The second kappa shape index (κ2) is 64.5. The minimum Gasteiger partial charge on any atom is -0.793 e. The number of ketones is 1. The molecule has 14 aliphatic rings. The fraction of sp³-hybridized carbons (Fsp3) is 0.590. The predicted molar refractivity (Wildman–Crippen MR) is 575 cm³/mol. The van der Waals surface area contributed by atoms with E-state index in [2.05, 4.69) is 110 Å². The van der Waals surface area contributed by atoms with E-state index in [1.54, 1.807) is 35.2 Å². The second-order valence-electron chi connectivity index (χ2n) is 38.7. The predicted octanol–water partition coefficient (Wildman–Crippen LogP) is 11.9. The molecule has 20 rings (SSSR count). The van der Waals surface area contributed by atoms with Crippen LogP contribution in [0.5, 0.6) is 0 Å². The fourth-order valence-corrected chi connectivity index (χ4v) is 19.7. The number of amides is 2. The van der Waals surface area contributed by atoms with Gasteiger partial charge in [0.15, 0.2) is 0 Å². The summed E-state index contributed by atoms with van der Waals surface area (Å²) in [4.78, 5) is 138. The van der Waals surface area contributed by atoms with Gasteiger partial charge in [-0.3, -0.25) is 64.1 Å². The number of halogens is 2. The van der Waals surface area contributed by atoms with Gasteiger partial charge in [0.1, 0.15) is 13.6 Å². The first-order valence-corrected chi connectivity index (χ1v) is 52.3. The molecule has 6 aromatic rings. The molecule has 1 unspecified atom stereocenters. The normalized spacial score (nSPS) is 18.8. The first kappa shape index (κ1) is 120. The third kappa shape index (κ3) is 42.1. The number of nitrogens with one attached hydrogen (secondary N) is 1. The van der Waals surface area contributed by atoms with Gasteiger partial charge in [-0.15, -0.1) is 11.6 Å². The molecule has 7 saturated heterocycles. The van der Waals surface area contributed by atoms with Crippen molar-refractivity contribution in [2.24, 2.45) is 0 Å². The summed E-state index contributed by atoms with van der Waals surface area (Å²) < 4.78 is 8.54. The maximum absolute atomic E-state index is 12.5. The number of carbonyl (C=O) groups is 7. The van der Waals surface area contributed by atoms with Gasteiger partial charge in [0.2, 0.25) is 23.0 Å². The molecule has 40 heteroatoms. The number of alkyl halides is 1. The standard InChI is InChI=1S/C15H19N3O3.C15H21N3O.C15H23N3.C14H19N3O2.C14H21N3.C8H8N2O2.C6H11NO.C6H12.C4H7BO.C4H6O4.C2H3BO2.C2H2Cl2O.Na.H2/c19-15(11-16-7-2-1-3-8-16)17-9-6-12-4-5-13(18(20)21)10-14(12)17;16-13-5-4-12-6-9-18(14(12)10-13)15(19)11-17-7-2-1-3-8-17;16-14-5-4-13-6-9-18(15(13)12-14)11-10-17-7-2-1-3-8-17;1-15-7-5-12(6-8-15)16-9-4-11-2-3-13(17(18)19)10-14(11)16;1-16-7-5-13(6-8-16)17-9-4-11-2-3-12(15)10-14(11)17;11-10(12)7-2-1-6-3-4-9-8(6)5-7;1-7-4-2-6(8)3-5-7;1-2-4-6-5-3-1;5-4-2-1-3-6-4;1-3(5)7-8-4(2)6;1-2(4)5-3;3-1-2(4)5;;/h4-5,10H,1-3,6-9,11H2;4-5,10H,1-3,6-9,11,16H2;4-5,12H,1-3,6-11,16H2;2-3,10,12H,4-9H2,1H3;2-3,10,13H,4-9,15H2,1H3;1-2,5,9H,3-4H2;2-5H2,1H3;1-6H2;4H,1-3H2;1-2H3;1H3;1H2;;1H/q;;;;;;;;;;-1;;+1;. The largest absolute Gasteiger partial charge is 1.00 e. The van der Waals surface area contributed by atoms with Gasteiger partial charge in [-0.1, -0.05) is 94.2 Å². The molecule has 145 heavy (non-hydrogen) atoms. The maximum atomic E-state index is 12.5. The number of Topliss-reactive ketones (excluding diaryl/α,β-unsaturated/α-hetero) is 1. The van der Waals surface area contributed by atoms with E-state index in [0.29, 0.717) is 43.2 Å². The molecular weight excluding hydrogens is 1900 g/mol. The van der Waals surface area contributed by atoms with Crippen LogP contribution in [0.3, 0.4) is 0 Å². The van der Waals surface area contributed by atoms with E-state index in [-0.39, 0.29) is 81.6 Å². The average molecular weight is 2060 g/mol. The molecule has 35 nitrogen and oxygen atoms in total. The van der Waals surface area contributed by atoms with Crippen LogP contribution in [0.2, 0.25) is 0 Å². The number of anilines is 9. The second-order valence-corrected chi connectivity index (χ2v) is 39.4. The average Bonchev–Trinajstić information content (AvgIpc) is 1.65. The van der Waals surface area contributed by atoms with Crippen LogP contribution in [-0.2, 0) is 91.3 Å². The number of nitrogen functional groups attached to an aromatic ring is 3. The van der Waals surface area contributed by atoms with E-state index < -0.39 is 28.1 Å². The number of nitrogens with two attached hydrogens (primary N) is 3. The van der Waals surface area contributed by atoms with Crippen LogP contribution in [0.15, 0.2) is 109 Å². The first-order valence-electron chi connectivity index (χ1n) is 51.4. The van der Waals surface area contributed by atoms with Crippen LogP contribution in [-0.4, -0.2) is 297 Å². The molecule has 8 fully saturated rings. The Bertz CT molecular complexity index is 5060. The summed E-state index contributed by atoms with van der Waals surface area (Å²) >= 11 is 9.55. The molecule has 0 spiro atoms. The molecule has 13 aliphatic heterocycles. The van der Waals surface area contributed by atoms with Gasteiger partial charge in [-0.2, -0.15) is 0 Å². The number of piperidine rings is 6. The quantitative estimate of drug-likeness (QED) is 0.0159. The number of nitrogens with zero attached hydrogens (tertiary/aromatic N) is 14. The van der Waals surface area contributed by atoms with Gasteiger partial charge >= 0.3 is 41.5 Å². The minimum atomic E-state index is -0.639. The smallest absolute Gasteiger partial charge is 0.793 e. The van der Waals surface area contributed by atoms with Crippen LogP contribution >= 0.6 is 23.2 Å². The van der Waals surface area contributed by atoms with Gasteiger partial charge in [-0.05, 0) is 284 Å². The van der Waals surface area contributed by atoms with E-state index in [1.165, 1.54) is 207 Å². The van der Waals surface area contributed by atoms with E-state index in [0.717, 1.165) is 222 Å². The Hall–Kier alpha value is -9.76. The Morgan fingerprint density at radius 3 is 1.17 bits per heavy atom. The molecule has 1 saturated carbocycles. The summed E-state index contributed by atoms with van der Waals surface area (Å²) in [7, 11) is 16.0. The molecule has 5 radical (unpaired) electrons. The number of carbonyl (C=O) groups excluding carboxylic acids is 7. The van der Waals surface area contributed by atoms with Crippen LogP contribution in [0, 0.1) is 30.3 Å². The van der Waals surface area contributed by atoms with Crippen molar-refractivity contribution in [2.45, 2.75) is 225 Å². The van der Waals surface area contributed by atoms with Gasteiger partial charge in [0.05, 0.1) is 39.4 Å². The summed E-state index contributed by atoms with van der Waals surface area (Å²) in [5.41, 5.74) is 34.6. The van der Waals surface area contributed by atoms with Gasteiger partial charge in [-0.25, -0.2) is 19.4 Å². The first-order chi connectivity index (χ1) is 69.2. The zero-order chi connectivity index (χ0) is 104. The summed E-state index contributed by atoms with van der Waals surface area (Å²) in [5.74, 6) is -1.16. The molecule has 0 bridgehead atoms. The Labute approximate surface area is 892 Å². The summed E-state index contributed by atoms with van der Waals surface area (Å²) in [6.07, 6.45) is 35.1. The number of benzene rings is 6. The van der Waals surface area contributed by atoms with Crippen molar-refractivity contribution < 1.29 is 98.5 Å². The number of likely N-dealkylation sites (tertiary alicyclic amines) is 6.